The molecule has 0 aromatic heterocycles. The average molecular weight is 346 g/mol. The summed E-state index contributed by atoms with van der Waals surface area (Å²) < 4.78 is 13.5. The lowest BCUT2D eigenvalue weighted by atomic mass is 9.86. The quantitative estimate of drug-likeness (QED) is 0.349. The minimum absolute atomic E-state index is 0.188. The number of fused-ring (bicyclic) bond motifs is 1. The van der Waals surface area contributed by atoms with Crippen LogP contribution in [0.25, 0.3) is 0 Å². The van der Waals surface area contributed by atoms with Gasteiger partial charge in [0.25, 0.3) is 0 Å². The van der Waals surface area contributed by atoms with Gasteiger partial charge in [0.15, 0.2) is 0 Å². The smallest absolute Gasteiger partial charge is 0.337 e. The first-order chi connectivity index (χ1) is 12.0. The van der Waals surface area contributed by atoms with Gasteiger partial charge in [0, 0.05) is 0 Å². The molecule has 0 saturated carbocycles. The van der Waals surface area contributed by atoms with Crippen molar-refractivity contribution in [3.8, 4) is 0 Å². The Kier molecular flexibility index (Phi) is 6.05. The monoisotopic (exact) mass is 346 g/mol. The molecule has 2 atom stereocenters. The van der Waals surface area contributed by atoms with Crippen molar-refractivity contribution in [3.63, 3.8) is 0 Å². The Morgan fingerprint density at radius 2 is 1.64 bits per heavy atom. The van der Waals surface area contributed by atoms with Gasteiger partial charge in [-0.25, -0.2) is 9.59 Å². The van der Waals surface area contributed by atoms with E-state index in [1.54, 1.807) is 24.3 Å². The van der Waals surface area contributed by atoms with Gasteiger partial charge in [0.1, 0.15) is 0 Å². The largest absolute Gasteiger partial charge is 0.465 e. The highest BCUT2D eigenvalue weighted by Gasteiger charge is 2.43. The van der Waals surface area contributed by atoms with Gasteiger partial charge in [-0.1, -0.05) is 18.2 Å². The molecule has 1 fully saturated rings. The maximum Gasteiger partial charge on any atom is 0.337 e. The summed E-state index contributed by atoms with van der Waals surface area (Å²) in [6, 6.07) is 6.16. The summed E-state index contributed by atoms with van der Waals surface area (Å²) in [6.07, 6.45) is 5.34. The summed E-state index contributed by atoms with van der Waals surface area (Å²) in [6.45, 7) is 0. The molecular formula is C18H18O7. The highest BCUT2D eigenvalue weighted by atomic mass is 16.6. The summed E-state index contributed by atoms with van der Waals surface area (Å²) in [7, 11) is 2.57. The zero-order chi connectivity index (χ0) is 18.4. The van der Waals surface area contributed by atoms with E-state index in [0.717, 1.165) is 12.8 Å². The van der Waals surface area contributed by atoms with Crippen molar-refractivity contribution in [3.05, 3.63) is 47.5 Å². The average Bonchev–Trinajstić information content (AvgIpc) is 2.95. The minimum atomic E-state index is -0.476. The fraction of sp³-hybridized carbons (Fsp3) is 0.333. The van der Waals surface area contributed by atoms with Crippen molar-refractivity contribution >= 4 is 23.9 Å². The molecule has 25 heavy (non-hydrogen) atoms. The van der Waals surface area contributed by atoms with E-state index >= 15 is 0 Å². The number of carbonyl (C=O) groups is 4. The van der Waals surface area contributed by atoms with Crippen LogP contribution in [0.2, 0.25) is 0 Å². The van der Waals surface area contributed by atoms with E-state index in [1.165, 1.54) is 20.3 Å². The van der Waals surface area contributed by atoms with E-state index in [1.807, 2.05) is 6.08 Å². The molecule has 0 radical (unpaired) electrons. The van der Waals surface area contributed by atoms with Crippen molar-refractivity contribution in [1.29, 1.82) is 0 Å². The van der Waals surface area contributed by atoms with Gasteiger partial charge in [-0.2, -0.15) is 0 Å². The van der Waals surface area contributed by atoms with Gasteiger partial charge in [-0.05, 0) is 31.0 Å². The highest BCUT2D eigenvalue weighted by Crippen LogP contribution is 2.32. The Balaban J connectivity index is 0.000000185. The second-order valence-corrected chi connectivity index (χ2v) is 5.44. The van der Waals surface area contributed by atoms with Crippen LogP contribution in [-0.4, -0.2) is 38.1 Å². The second-order valence-electron chi connectivity index (χ2n) is 5.44. The number of ether oxygens (including phenoxy) is 3. The molecule has 2 unspecified atom stereocenters. The van der Waals surface area contributed by atoms with Crippen LogP contribution in [0.1, 0.15) is 33.6 Å². The van der Waals surface area contributed by atoms with Crippen LogP contribution >= 0.6 is 0 Å². The van der Waals surface area contributed by atoms with Gasteiger partial charge in [0.2, 0.25) is 0 Å². The number of rotatable bonds is 2. The number of carbonyl (C=O) groups excluding carboxylic acids is 4. The second kappa shape index (κ2) is 8.23. The third-order valence-electron chi connectivity index (χ3n) is 3.90. The Labute approximate surface area is 144 Å². The molecule has 1 aliphatic carbocycles. The third-order valence-corrected chi connectivity index (χ3v) is 3.90. The normalized spacial score (nSPS) is 20.7. The van der Waals surface area contributed by atoms with Crippen molar-refractivity contribution in [2.75, 3.05) is 14.2 Å². The lowest BCUT2D eigenvalue weighted by molar-refractivity contribution is -0.153. The molecule has 1 aromatic carbocycles. The third kappa shape index (κ3) is 4.32. The molecule has 1 aromatic rings. The van der Waals surface area contributed by atoms with Crippen molar-refractivity contribution in [2.45, 2.75) is 12.8 Å². The first-order valence-corrected chi connectivity index (χ1v) is 7.66. The molecule has 0 spiro atoms. The van der Waals surface area contributed by atoms with Crippen LogP contribution in [0, 0.1) is 11.8 Å². The van der Waals surface area contributed by atoms with E-state index in [2.05, 4.69) is 14.2 Å². The Bertz CT molecular complexity index is 689. The predicted octanol–water partition coefficient (Wildman–Crippen LogP) is 1.91. The molecular weight excluding hydrogens is 328 g/mol. The SMILES string of the molecule is COC(=O)c1cccc(C(=O)OC)c1.O=C1OC(=O)C2CCC=CC12. The van der Waals surface area contributed by atoms with Gasteiger partial charge in [-0.3, -0.25) is 9.59 Å². The van der Waals surface area contributed by atoms with Crippen molar-refractivity contribution in [2.24, 2.45) is 11.8 Å². The number of benzene rings is 1. The summed E-state index contributed by atoms with van der Waals surface area (Å²) >= 11 is 0. The van der Waals surface area contributed by atoms with Crippen LogP contribution in [0.15, 0.2) is 36.4 Å². The fourth-order valence-electron chi connectivity index (χ4n) is 2.59. The van der Waals surface area contributed by atoms with E-state index < -0.39 is 11.9 Å². The number of methoxy groups -OCH3 is 2. The number of hydrogen-bond donors (Lipinski definition) is 0. The topological polar surface area (TPSA) is 96.0 Å². The lowest BCUT2D eigenvalue weighted by Gasteiger charge is -2.12. The maximum atomic E-state index is 11.1. The van der Waals surface area contributed by atoms with Gasteiger partial charge in [0.05, 0.1) is 37.2 Å². The summed E-state index contributed by atoms with van der Waals surface area (Å²) in [5, 5.41) is 0. The van der Waals surface area contributed by atoms with Crippen molar-refractivity contribution < 1.29 is 33.4 Å². The number of hydrogen-bond acceptors (Lipinski definition) is 7. The van der Waals surface area contributed by atoms with Crippen LogP contribution in [0.5, 0.6) is 0 Å². The summed E-state index contributed by atoms with van der Waals surface area (Å²) in [5.41, 5.74) is 0.658. The summed E-state index contributed by atoms with van der Waals surface area (Å²) in [5.74, 6) is -2.14. The van der Waals surface area contributed by atoms with Crippen LogP contribution in [0.3, 0.4) is 0 Å². The molecule has 1 aliphatic heterocycles. The first kappa shape index (κ1) is 18.4. The van der Waals surface area contributed by atoms with E-state index in [0.29, 0.717) is 11.1 Å². The summed E-state index contributed by atoms with van der Waals surface area (Å²) in [4.78, 5) is 44.1. The fourth-order valence-corrected chi connectivity index (χ4v) is 2.59. The van der Waals surface area contributed by atoms with Gasteiger partial charge >= 0.3 is 23.9 Å². The molecule has 0 bridgehead atoms. The first-order valence-electron chi connectivity index (χ1n) is 7.66. The Morgan fingerprint density at radius 3 is 2.16 bits per heavy atom. The Hall–Kier alpha value is -2.96. The molecule has 2 aliphatic rings. The molecule has 1 saturated heterocycles. The van der Waals surface area contributed by atoms with Crippen LogP contribution < -0.4 is 0 Å². The van der Waals surface area contributed by atoms with E-state index in [-0.39, 0.29) is 23.8 Å². The van der Waals surface area contributed by atoms with Crippen molar-refractivity contribution in [1.82, 2.24) is 0 Å². The molecule has 3 rings (SSSR count). The lowest BCUT2D eigenvalue weighted by Crippen LogP contribution is -2.17. The number of allylic oxidation sites excluding steroid dienone is 1. The minimum Gasteiger partial charge on any atom is -0.465 e. The Morgan fingerprint density at radius 1 is 1.04 bits per heavy atom. The standard InChI is InChI=1S/C10H10O4.C8H8O3/c1-13-9(11)7-4-3-5-8(6-7)10(12)14-2;9-7-5-3-1-2-4-6(5)8(10)11-7/h3-6H,1-2H3;1,3,5-6H,2,4H2. The number of cyclic esters (lactones) is 2. The predicted molar refractivity (Wildman–Crippen MR) is 85.6 cm³/mol. The van der Waals surface area contributed by atoms with Gasteiger partial charge in [-0.15, -0.1) is 0 Å². The molecule has 132 valence electrons. The van der Waals surface area contributed by atoms with E-state index in [4.69, 9.17) is 0 Å². The molecule has 0 amide bonds. The molecule has 7 nitrogen and oxygen atoms in total. The molecule has 1 heterocycles. The highest BCUT2D eigenvalue weighted by molar-refractivity contribution is 5.97. The van der Waals surface area contributed by atoms with Gasteiger partial charge < -0.3 is 14.2 Å². The van der Waals surface area contributed by atoms with E-state index in [9.17, 15) is 19.2 Å². The van der Waals surface area contributed by atoms with Crippen LogP contribution in [-0.2, 0) is 23.8 Å². The van der Waals surface area contributed by atoms with Crippen LogP contribution in [0.4, 0.5) is 0 Å². The zero-order valence-electron chi connectivity index (χ0n) is 13.9. The molecule has 0 N–H and O–H groups in total. The molecule has 7 heteroatoms. The maximum absolute atomic E-state index is 11.1. The number of esters is 4. The zero-order valence-corrected chi connectivity index (χ0v) is 13.9.